The van der Waals surface area contributed by atoms with E-state index in [0.717, 1.165) is 17.7 Å². The molecule has 0 bridgehead atoms. The highest BCUT2D eigenvalue weighted by molar-refractivity contribution is 5.31. The quantitative estimate of drug-likeness (QED) is 0.912. The molecule has 0 saturated carbocycles. The maximum absolute atomic E-state index is 12.6. The number of rotatable bonds is 4. The zero-order valence-electron chi connectivity index (χ0n) is 11.5. The molecule has 2 rings (SSSR count). The van der Waals surface area contributed by atoms with Gasteiger partial charge < -0.3 is 10.5 Å². The lowest BCUT2D eigenvalue weighted by Gasteiger charge is -2.11. The summed E-state index contributed by atoms with van der Waals surface area (Å²) in [5.74, 6) is 0.585. The second kappa shape index (κ2) is 6.18. The molecule has 0 aliphatic heterocycles. The molecular weight excluding hydrogens is 279 g/mol. The summed E-state index contributed by atoms with van der Waals surface area (Å²) in [7, 11) is 0. The Bertz CT molecular complexity index is 608. The van der Waals surface area contributed by atoms with Crippen molar-refractivity contribution in [1.82, 2.24) is 0 Å². The molecule has 5 heteroatoms. The molecule has 0 amide bonds. The first-order chi connectivity index (χ1) is 9.86. The second-order valence-corrected chi connectivity index (χ2v) is 4.85. The van der Waals surface area contributed by atoms with E-state index in [0.29, 0.717) is 11.3 Å². The molecule has 112 valence electrons. The topological polar surface area (TPSA) is 35.2 Å². The zero-order valence-corrected chi connectivity index (χ0v) is 11.5. The van der Waals surface area contributed by atoms with Crippen molar-refractivity contribution in [3.63, 3.8) is 0 Å². The van der Waals surface area contributed by atoms with Gasteiger partial charge in [0.2, 0.25) is 0 Å². The van der Waals surface area contributed by atoms with E-state index in [1.54, 1.807) is 24.3 Å². The molecule has 0 aromatic heterocycles. The minimum atomic E-state index is -4.34. The molecule has 0 fully saturated rings. The molecule has 2 N–H and O–H groups in total. The lowest BCUT2D eigenvalue weighted by molar-refractivity contribution is -0.137. The lowest BCUT2D eigenvalue weighted by Crippen LogP contribution is -2.07. The number of alkyl halides is 3. The molecule has 0 radical (unpaired) electrons. The van der Waals surface area contributed by atoms with Crippen molar-refractivity contribution in [2.45, 2.75) is 25.7 Å². The average Bonchev–Trinajstić information content (AvgIpc) is 2.45. The highest BCUT2D eigenvalue weighted by Gasteiger charge is 2.30. The van der Waals surface area contributed by atoms with Gasteiger partial charge in [-0.25, -0.2) is 0 Å². The summed E-state index contributed by atoms with van der Waals surface area (Å²) in [5, 5.41) is 0. The van der Waals surface area contributed by atoms with Gasteiger partial charge >= 0.3 is 6.18 Å². The van der Waals surface area contributed by atoms with Crippen LogP contribution in [0.4, 0.5) is 13.2 Å². The number of benzene rings is 2. The van der Waals surface area contributed by atoms with E-state index in [2.05, 4.69) is 0 Å². The van der Waals surface area contributed by atoms with Gasteiger partial charge in [-0.05, 0) is 42.3 Å². The Morgan fingerprint density at radius 3 is 2.48 bits per heavy atom. The highest BCUT2D eigenvalue weighted by atomic mass is 19.4. The SMILES string of the molecule is CC(N)c1cccc(OCc2cccc(C(F)(F)F)c2)c1. The van der Waals surface area contributed by atoms with Crippen LogP contribution in [-0.2, 0) is 12.8 Å². The van der Waals surface area contributed by atoms with Gasteiger partial charge in [-0.2, -0.15) is 13.2 Å². The van der Waals surface area contributed by atoms with Gasteiger partial charge in [0.1, 0.15) is 12.4 Å². The first-order valence-corrected chi connectivity index (χ1v) is 6.51. The number of hydrogen-bond acceptors (Lipinski definition) is 2. The van der Waals surface area contributed by atoms with E-state index in [1.807, 2.05) is 13.0 Å². The molecule has 1 atom stereocenters. The molecule has 0 spiro atoms. The Morgan fingerprint density at radius 2 is 1.81 bits per heavy atom. The Balaban J connectivity index is 2.08. The maximum atomic E-state index is 12.6. The van der Waals surface area contributed by atoms with Gasteiger partial charge in [0, 0.05) is 6.04 Å². The van der Waals surface area contributed by atoms with Crippen LogP contribution in [0.25, 0.3) is 0 Å². The second-order valence-electron chi connectivity index (χ2n) is 4.85. The van der Waals surface area contributed by atoms with Gasteiger partial charge in [0.25, 0.3) is 0 Å². The summed E-state index contributed by atoms with van der Waals surface area (Å²) in [4.78, 5) is 0. The molecular formula is C16H16F3NO. The monoisotopic (exact) mass is 295 g/mol. The molecule has 21 heavy (non-hydrogen) atoms. The van der Waals surface area contributed by atoms with Gasteiger partial charge in [-0.3, -0.25) is 0 Å². The number of halogens is 3. The van der Waals surface area contributed by atoms with Crippen molar-refractivity contribution in [3.8, 4) is 5.75 Å². The number of hydrogen-bond donors (Lipinski definition) is 1. The lowest BCUT2D eigenvalue weighted by atomic mass is 10.1. The third-order valence-corrected chi connectivity index (χ3v) is 3.04. The number of nitrogens with two attached hydrogens (primary N) is 1. The average molecular weight is 295 g/mol. The van der Waals surface area contributed by atoms with Crippen LogP contribution in [0.3, 0.4) is 0 Å². The zero-order chi connectivity index (χ0) is 15.5. The molecule has 0 heterocycles. The third-order valence-electron chi connectivity index (χ3n) is 3.04. The molecule has 1 unspecified atom stereocenters. The van der Waals surface area contributed by atoms with Crippen molar-refractivity contribution in [3.05, 3.63) is 65.2 Å². The maximum Gasteiger partial charge on any atom is 0.416 e. The Hall–Kier alpha value is -2.01. The van der Waals surface area contributed by atoms with Crippen LogP contribution in [0, 0.1) is 0 Å². The van der Waals surface area contributed by atoms with Crippen LogP contribution >= 0.6 is 0 Å². The first-order valence-electron chi connectivity index (χ1n) is 6.51. The summed E-state index contributed by atoms with van der Waals surface area (Å²) >= 11 is 0. The molecule has 2 nitrogen and oxygen atoms in total. The van der Waals surface area contributed by atoms with Crippen molar-refractivity contribution in [2.24, 2.45) is 5.73 Å². The first kappa shape index (κ1) is 15.4. The molecule has 2 aromatic rings. The van der Waals surface area contributed by atoms with Crippen LogP contribution in [0.15, 0.2) is 48.5 Å². The predicted octanol–water partition coefficient (Wildman–Crippen LogP) is 4.30. The summed E-state index contributed by atoms with van der Waals surface area (Å²) in [5.41, 5.74) is 6.49. The molecule has 0 aliphatic rings. The Labute approximate surface area is 121 Å². The van der Waals surface area contributed by atoms with E-state index in [-0.39, 0.29) is 12.6 Å². The Morgan fingerprint density at radius 1 is 1.10 bits per heavy atom. The fourth-order valence-electron chi connectivity index (χ4n) is 1.89. The van der Waals surface area contributed by atoms with Crippen LogP contribution in [0.5, 0.6) is 5.75 Å². The largest absolute Gasteiger partial charge is 0.489 e. The van der Waals surface area contributed by atoms with Crippen molar-refractivity contribution in [2.75, 3.05) is 0 Å². The van der Waals surface area contributed by atoms with Gasteiger partial charge in [0.05, 0.1) is 5.56 Å². The Kier molecular flexibility index (Phi) is 4.53. The molecule has 0 saturated heterocycles. The van der Waals surface area contributed by atoms with Crippen LogP contribution in [-0.4, -0.2) is 0 Å². The smallest absolute Gasteiger partial charge is 0.416 e. The summed E-state index contributed by atoms with van der Waals surface area (Å²) in [6.07, 6.45) is -4.34. The van der Waals surface area contributed by atoms with Crippen molar-refractivity contribution >= 4 is 0 Å². The van der Waals surface area contributed by atoms with Gasteiger partial charge in [-0.15, -0.1) is 0 Å². The van der Waals surface area contributed by atoms with E-state index < -0.39 is 11.7 Å². The van der Waals surface area contributed by atoms with Crippen LogP contribution in [0.2, 0.25) is 0 Å². The highest BCUT2D eigenvalue weighted by Crippen LogP contribution is 2.29. The normalized spacial score (nSPS) is 13.0. The fourth-order valence-corrected chi connectivity index (χ4v) is 1.89. The molecule has 0 aliphatic carbocycles. The van der Waals surface area contributed by atoms with E-state index in [1.165, 1.54) is 6.07 Å². The van der Waals surface area contributed by atoms with Gasteiger partial charge in [0.15, 0.2) is 0 Å². The summed E-state index contributed by atoms with van der Waals surface area (Å²) in [6, 6.07) is 12.2. The molecule has 2 aromatic carbocycles. The van der Waals surface area contributed by atoms with E-state index in [4.69, 9.17) is 10.5 Å². The summed E-state index contributed by atoms with van der Waals surface area (Å²) in [6.45, 7) is 1.93. The minimum absolute atomic E-state index is 0.0757. The predicted molar refractivity (Wildman–Crippen MR) is 74.8 cm³/mol. The van der Waals surface area contributed by atoms with Crippen LogP contribution in [0.1, 0.15) is 29.7 Å². The van der Waals surface area contributed by atoms with Crippen molar-refractivity contribution in [1.29, 1.82) is 0 Å². The van der Waals surface area contributed by atoms with E-state index in [9.17, 15) is 13.2 Å². The minimum Gasteiger partial charge on any atom is -0.489 e. The van der Waals surface area contributed by atoms with E-state index >= 15 is 0 Å². The van der Waals surface area contributed by atoms with Gasteiger partial charge in [-0.1, -0.05) is 24.3 Å². The summed E-state index contributed by atoms with van der Waals surface area (Å²) < 4.78 is 43.4. The number of ether oxygens (including phenoxy) is 1. The van der Waals surface area contributed by atoms with Crippen molar-refractivity contribution < 1.29 is 17.9 Å². The third kappa shape index (κ3) is 4.23. The standard InChI is InChI=1S/C16H16F3NO/c1-11(20)13-5-3-7-15(9-13)21-10-12-4-2-6-14(8-12)16(17,18)19/h2-9,11H,10,20H2,1H3. The van der Waals surface area contributed by atoms with Crippen LogP contribution < -0.4 is 10.5 Å². The fraction of sp³-hybridized carbons (Fsp3) is 0.250.